The molecule has 2 aromatic rings. The van der Waals surface area contributed by atoms with Gasteiger partial charge in [0.15, 0.2) is 0 Å². The van der Waals surface area contributed by atoms with Crippen molar-refractivity contribution in [2.75, 3.05) is 6.54 Å². The molecule has 1 aliphatic heterocycles. The van der Waals surface area contributed by atoms with Crippen LogP contribution >= 0.6 is 35.6 Å². The lowest BCUT2D eigenvalue weighted by Gasteiger charge is -2.13. The lowest BCUT2D eigenvalue weighted by molar-refractivity contribution is -0.139. The van der Waals surface area contributed by atoms with Gasteiger partial charge in [-0.2, -0.15) is 10.0 Å². The summed E-state index contributed by atoms with van der Waals surface area (Å²) in [6.45, 7) is 1.04. The number of urea groups is 1. The van der Waals surface area contributed by atoms with Gasteiger partial charge in [-0.3, -0.25) is 9.59 Å². The normalized spacial score (nSPS) is 15.3. The number of hydrogen-bond donors (Lipinski definition) is 1. The van der Waals surface area contributed by atoms with Gasteiger partial charge < -0.3 is 10.2 Å². The van der Waals surface area contributed by atoms with Crippen LogP contribution in [0.25, 0.3) is 11.3 Å². The Kier molecular flexibility index (Phi) is 6.84. The van der Waals surface area contributed by atoms with Gasteiger partial charge in [-0.1, -0.05) is 23.2 Å². The van der Waals surface area contributed by atoms with Crippen LogP contribution in [0, 0.1) is 0 Å². The van der Waals surface area contributed by atoms with E-state index in [1.807, 2.05) is 0 Å². The quantitative estimate of drug-likeness (QED) is 0.574. The van der Waals surface area contributed by atoms with Gasteiger partial charge in [-0.15, -0.1) is 12.4 Å². The maximum Gasteiger partial charge on any atom is 0.354 e. The molecule has 148 valence electrons. The van der Waals surface area contributed by atoms with Gasteiger partial charge in [0.1, 0.15) is 18.1 Å². The van der Waals surface area contributed by atoms with Crippen LogP contribution in [-0.4, -0.2) is 46.6 Å². The molecule has 8 nitrogen and oxygen atoms in total. The third-order valence-electron chi connectivity index (χ3n) is 3.71. The molecule has 0 bridgehead atoms. The van der Waals surface area contributed by atoms with E-state index < -0.39 is 23.9 Å². The SMILES string of the molecule is CC(N)C(=O)N1C(=O)CN(/N=C/c2ccc(-c3ccc(Cl)c(Cl)c3)o2)C1=O.Cl. The number of carbonyl (C=O) groups is 3. The van der Waals surface area contributed by atoms with Gasteiger partial charge in [0.25, 0.3) is 11.8 Å². The first-order valence-electron chi connectivity index (χ1n) is 7.81. The van der Waals surface area contributed by atoms with Gasteiger partial charge in [-0.25, -0.2) is 9.80 Å². The van der Waals surface area contributed by atoms with Crippen molar-refractivity contribution in [2.24, 2.45) is 10.8 Å². The minimum absolute atomic E-state index is 0. The highest BCUT2D eigenvalue weighted by molar-refractivity contribution is 6.42. The Morgan fingerprint density at radius 2 is 1.96 bits per heavy atom. The number of halogens is 3. The van der Waals surface area contributed by atoms with Crippen molar-refractivity contribution < 1.29 is 18.8 Å². The summed E-state index contributed by atoms with van der Waals surface area (Å²) >= 11 is 11.9. The van der Waals surface area contributed by atoms with Crippen LogP contribution in [0.2, 0.25) is 10.0 Å². The second kappa shape index (κ2) is 8.74. The molecule has 1 atom stereocenters. The number of furan rings is 1. The summed E-state index contributed by atoms with van der Waals surface area (Å²) < 4.78 is 5.62. The zero-order chi connectivity index (χ0) is 19.7. The fourth-order valence-electron chi connectivity index (χ4n) is 2.35. The molecule has 0 aliphatic carbocycles. The molecule has 2 N–H and O–H groups in total. The number of amides is 4. The van der Waals surface area contributed by atoms with Crippen molar-refractivity contribution in [1.29, 1.82) is 0 Å². The van der Waals surface area contributed by atoms with Crippen molar-refractivity contribution in [3.63, 3.8) is 0 Å². The van der Waals surface area contributed by atoms with Crippen molar-refractivity contribution in [1.82, 2.24) is 9.91 Å². The lowest BCUT2D eigenvalue weighted by Crippen LogP contribution is -2.45. The lowest BCUT2D eigenvalue weighted by atomic mass is 10.2. The van der Waals surface area contributed by atoms with Crippen LogP contribution in [0.3, 0.4) is 0 Å². The molecule has 1 fully saturated rings. The molecule has 11 heteroatoms. The summed E-state index contributed by atoms with van der Waals surface area (Å²) in [5.41, 5.74) is 6.16. The first-order chi connectivity index (χ1) is 12.8. The Bertz CT molecular complexity index is 958. The summed E-state index contributed by atoms with van der Waals surface area (Å²) in [4.78, 5) is 36.4. The fourth-order valence-corrected chi connectivity index (χ4v) is 2.65. The predicted molar refractivity (Wildman–Crippen MR) is 107 cm³/mol. The number of hydrogen-bond acceptors (Lipinski definition) is 6. The van der Waals surface area contributed by atoms with E-state index in [4.69, 9.17) is 33.4 Å². The van der Waals surface area contributed by atoms with Crippen LogP contribution in [0.5, 0.6) is 0 Å². The highest BCUT2D eigenvalue weighted by atomic mass is 35.5. The van der Waals surface area contributed by atoms with E-state index >= 15 is 0 Å². The van der Waals surface area contributed by atoms with E-state index in [2.05, 4.69) is 5.10 Å². The zero-order valence-electron chi connectivity index (χ0n) is 14.5. The number of rotatable bonds is 4. The van der Waals surface area contributed by atoms with Crippen LogP contribution in [0.1, 0.15) is 12.7 Å². The predicted octanol–water partition coefficient (Wildman–Crippen LogP) is 3.15. The maximum absolute atomic E-state index is 12.2. The number of nitrogens with two attached hydrogens (primary N) is 1. The average Bonchev–Trinajstić information content (AvgIpc) is 3.19. The minimum atomic E-state index is -0.972. The van der Waals surface area contributed by atoms with Crippen LogP contribution in [0.4, 0.5) is 4.79 Å². The molecule has 2 heterocycles. The van der Waals surface area contributed by atoms with Crippen molar-refractivity contribution in [2.45, 2.75) is 13.0 Å². The molecule has 0 saturated carbocycles. The molecule has 28 heavy (non-hydrogen) atoms. The third kappa shape index (κ3) is 4.36. The first-order valence-corrected chi connectivity index (χ1v) is 8.56. The Hall–Kier alpha value is -2.39. The Balaban J connectivity index is 0.00000280. The molecular weight excluding hydrogens is 431 g/mol. The topological polar surface area (TPSA) is 109 Å². The van der Waals surface area contributed by atoms with Gasteiger partial charge in [-0.05, 0) is 37.3 Å². The standard InChI is InChI=1S/C17H14Cl2N4O4.ClH/c1-9(20)16(25)23-15(24)8-22(17(23)26)21-7-11-3-5-14(27-11)10-2-4-12(18)13(19)6-10;/h2-7,9H,8,20H2,1H3;1H/b21-7+;. The highest BCUT2D eigenvalue weighted by Crippen LogP contribution is 2.29. The largest absolute Gasteiger partial charge is 0.455 e. The van der Waals surface area contributed by atoms with E-state index in [0.717, 1.165) is 5.01 Å². The Morgan fingerprint density at radius 3 is 2.61 bits per heavy atom. The van der Waals surface area contributed by atoms with E-state index in [1.165, 1.54) is 13.1 Å². The first kappa shape index (κ1) is 21.9. The van der Waals surface area contributed by atoms with Gasteiger partial charge in [0, 0.05) is 5.56 Å². The second-order valence-corrected chi connectivity index (χ2v) is 6.59. The number of hydrazone groups is 1. The summed E-state index contributed by atoms with van der Waals surface area (Å²) in [6, 6.07) is 6.56. The monoisotopic (exact) mass is 444 g/mol. The number of carbonyl (C=O) groups excluding carboxylic acids is 3. The molecule has 1 aromatic heterocycles. The van der Waals surface area contributed by atoms with Crippen LogP contribution < -0.4 is 5.73 Å². The molecule has 0 spiro atoms. The van der Waals surface area contributed by atoms with Gasteiger partial charge in [0.05, 0.1) is 22.3 Å². The minimum Gasteiger partial charge on any atom is -0.455 e. The maximum atomic E-state index is 12.2. The van der Waals surface area contributed by atoms with Gasteiger partial charge in [0.2, 0.25) is 0 Å². The molecular formula is C17H15Cl3N4O4. The summed E-state index contributed by atoms with van der Waals surface area (Å²) in [5.74, 6) is -0.598. The number of benzene rings is 1. The van der Waals surface area contributed by atoms with Crippen molar-refractivity contribution in [3.05, 3.63) is 46.1 Å². The Labute approximate surface area is 176 Å². The van der Waals surface area contributed by atoms with Crippen molar-refractivity contribution in [3.8, 4) is 11.3 Å². The smallest absolute Gasteiger partial charge is 0.354 e. The van der Waals surface area contributed by atoms with Gasteiger partial charge >= 0.3 is 6.03 Å². The number of nitrogens with zero attached hydrogens (tertiary/aromatic N) is 3. The summed E-state index contributed by atoms with van der Waals surface area (Å²) in [7, 11) is 0. The second-order valence-electron chi connectivity index (χ2n) is 5.77. The Morgan fingerprint density at radius 1 is 1.25 bits per heavy atom. The van der Waals surface area contributed by atoms with E-state index in [-0.39, 0.29) is 19.0 Å². The molecule has 3 rings (SSSR count). The fraction of sp³-hybridized carbons (Fsp3) is 0.176. The molecule has 4 amide bonds. The molecule has 1 saturated heterocycles. The number of imide groups is 3. The zero-order valence-corrected chi connectivity index (χ0v) is 16.8. The van der Waals surface area contributed by atoms with E-state index in [0.29, 0.717) is 32.0 Å². The van der Waals surface area contributed by atoms with E-state index in [9.17, 15) is 14.4 Å². The van der Waals surface area contributed by atoms with Crippen LogP contribution in [0.15, 0.2) is 39.9 Å². The summed E-state index contributed by atoms with van der Waals surface area (Å²) in [5, 5.41) is 5.60. The van der Waals surface area contributed by atoms with Crippen LogP contribution in [-0.2, 0) is 9.59 Å². The molecule has 1 aliphatic rings. The van der Waals surface area contributed by atoms with E-state index in [1.54, 1.807) is 30.3 Å². The van der Waals surface area contributed by atoms with Crippen molar-refractivity contribution >= 4 is 59.7 Å². The summed E-state index contributed by atoms with van der Waals surface area (Å²) in [6.07, 6.45) is 1.27. The molecule has 1 aromatic carbocycles. The molecule has 1 unspecified atom stereocenters. The molecule has 0 radical (unpaired) electrons. The third-order valence-corrected chi connectivity index (χ3v) is 4.45. The highest BCUT2D eigenvalue weighted by Gasteiger charge is 2.41. The average molecular weight is 446 g/mol.